The summed E-state index contributed by atoms with van der Waals surface area (Å²) in [5, 5.41) is 23.1. The normalized spacial score (nSPS) is 11.9. The summed E-state index contributed by atoms with van der Waals surface area (Å²) < 4.78 is 6.66. The Bertz CT molecular complexity index is 1010. The Labute approximate surface area is 187 Å². The van der Waals surface area contributed by atoms with Crippen molar-refractivity contribution in [2.24, 2.45) is 0 Å². The van der Waals surface area contributed by atoms with Crippen LogP contribution in [-0.4, -0.2) is 70.3 Å². The zero-order valence-electron chi connectivity index (χ0n) is 18.5. The number of hydrogen-bond acceptors (Lipinski definition) is 7. The van der Waals surface area contributed by atoms with Crippen molar-refractivity contribution in [2.45, 2.75) is 19.9 Å². The molecule has 2 amide bonds. The number of nitrogens with one attached hydrogen (secondary N) is 3. The standard InChI is InChI=1S/C22H29N7O3/c1-15-20(17-11-24-16(2)25-12-17)28-29(19-7-5-4-6-8-19)21(15)27-22(31)26-18(14-30)13-23-9-10-32-3/h4-8,11-12,18,23,30H,9-10,13-14H2,1-3H3,(H2,26,27,31)/t18-/m1/s1. The number of carbonyl (C=O) groups excluding carboxylic acids is 1. The topological polar surface area (TPSA) is 126 Å². The van der Waals surface area contributed by atoms with E-state index in [9.17, 15) is 9.90 Å². The Kier molecular flexibility index (Phi) is 8.26. The molecule has 1 aromatic carbocycles. The van der Waals surface area contributed by atoms with Gasteiger partial charge >= 0.3 is 6.03 Å². The average molecular weight is 440 g/mol. The largest absolute Gasteiger partial charge is 0.394 e. The summed E-state index contributed by atoms with van der Waals surface area (Å²) >= 11 is 0. The van der Waals surface area contributed by atoms with Gasteiger partial charge in [0, 0.05) is 43.7 Å². The van der Waals surface area contributed by atoms with Gasteiger partial charge in [-0.15, -0.1) is 0 Å². The molecule has 0 aliphatic heterocycles. The first kappa shape index (κ1) is 23.3. The van der Waals surface area contributed by atoms with Gasteiger partial charge in [0.15, 0.2) is 0 Å². The maximum absolute atomic E-state index is 12.7. The molecule has 3 rings (SSSR count). The molecular formula is C22H29N7O3. The van der Waals surface area contributed by atoms with Crippen LogP contribution in [0.25, 0.3) is 16.9 Å². The third kappa shape index (κ3) is 5.88. The number of amides is 2. The molecule has 3 aromatic rings. The van der Waals surface area contributed by atoms with Gasteiger partial charge < -0.3 is 20.5 Å². The number of para-hydroxylation sites is 1. The van der Waals surface area contributed by atoms with E-state index >= 15 is 0 Å². The van der Waals surface area contributed by atoms with Crippen LogP contribution in [0.1, 0.15) is 11.4 Å². The third-order valence-electron chi connectivity index (χ3n) is 4.84. The number of ether oxygens (including phenoxy) is 1. The number of rotatable bonds is 10. The number of aromatic nitrogens is 4. The van der Waals surface area contributed by atoms with Gasteiger partial charge in [-0.1, -0.05) is 18.2 Å². The van der Waals surface area contributed by atoms with Crippen LogP contribution in [0.3, 0.4) is 0 Å². The Hall–Kier alpha value is -3.34. The van der Waals surface area contributed by atoms with Gasteiger partial charge in [0.1, 0.15) is 17.3 Å². The second-order valence-corrected chi connectivity index (χ2v) is 7.26. The molecule has 0 aliphatic rings. The van der Waals surface area contributed by atoms with E-state index in [1.807, 2.05) is 44.2 Å². The minimum absolute atomic E-state index is 0.198. The number of anilines is 1. The van der Waals surface area contributed by atoms with E-state index in [1.165, 1.54) is 0 Å². The molecule has 0 saturated heterocycles. The number of methoxy groups -OCH3 is 1. The highest BCUT2D eigenvalue weighted by atomic mass is 16.5. The molecule has 10 nitrogen and oxygen atoms in total. The van der Waals surface area contributed by atoms with E-state index in [1.54, 1.807) is 24.2 Å². The highest BCUT2D eigenvalue weighted by Crippen LogP contribution is 2.29. The minimum Gasteiger partial charge on any atom is -0.394 e. The summed E-state index contributed by atoms with van der Waals surface area (Å²) in [6, 6.07) is 8.63. The highest BCUT2D eigenvalue weighted by Gasteiger charge is 2.20. The van der Waals surface area contributed by atoms with Crippen LogP contribution in [0.2, 0.25) is 0 Å². The molecular weight excluding hydrogens is 410 g/mol. The van der Waals surface area contributed by atoms with Crippen LogP contribution in [-0.2, 0) is 4.74 Å². The zero-order chi connectivity index (χ0) is 22.9. The number of aryl methyl sites for hydroxylation is 1. The van der Waals surface area contributed by atoms with Crippen molar-refractivity contribution in [1.29, 1.82) is 0 Å². The van der Waals surface area contributed by atoms with Gasteiger partial charge in [0.25, 0.3) is 0 Å². The van der Waals surface area contributed by atoms with Crippen molar-refractivity contribution in [3.63, 3.8) is 0 Å². The molecule has 4 N–H and O–H groups in total. The molecule has 0 fully saturated rings. The highest BCUT2D eigenvalue weighted by molar-refractivity contribution is 5.91. The van der Waals surface area contributed by atoms with Gasteiger partial charge in [-0.05, 0) is 26.0 Å². The van der Waals surface area contributed by atoms with Gasteiger partial charge in [-0.2, -0.15) is 5.10 Å². The predicted octanol–water partition coefficient (Wildman–Crippen LogP) is 1.66. The molecule has 0 unspecified atom stereocenters. The number of aliphatic hydroxyl groups excluding tert-OH is 1. The maximum atomic E-state index is 12.7. The number of hydrogen-bond donors (Lipinski definition) is 4. The lowest BCUT2D eigenvalue weighted by atomic mass is 10.1. The average Bonchev–Trinajstić information content (AvgIpc) is 3.13. The predicted molar refractivity (Wildman–Crippen MR) is 122 cm³/mol. The number of benzene rings is 1. The van der Waals surface area contributed by atoms with Crippen molar-refractivity contribution in [3.05, 3.63) is 54.1 Å². The van der Waals surface area contributed by atoms with E-state index in [0.29, 0.717) is 37.0 Å². The fraction of sp³-hybridized carbons (Fsp3) is 0.364. The van der Waals surface area contributed by atoms with Crippen LogP contribution >= 0.6 is 0 Å². The maximum Gasteiger partial charge on any atom is 0.320 e. The Morgan fingerprint density at radius 1 is 1.19 bits per heavy atom. The first-order chi connectivity index (χ1) is 15.5. The summed E-state index contributed by atoms with van der Waals surface area (Å²) in [6.07, 6.45) is 3.43. The van der Waals surface area contributed by atoms with Gasteiger partial charge in [-0.3, -0.25) is 5.32 Å². The monoisotopic (exact) mass is 439 g/mol. The van der Waals surface area contributed by atoms with E-state index in [0.717, 1.165) is 16.8 Å². The van der Waals surface area contributed by atoms with Gasteiger partial charge in [0.05, 0.1) is 24.9 Å². The number of carbonyl (C=O) groups is 1. The van der Waals surface area contributed by atoms with Crippen LogP contribution in [0.15, 0.2) is 42.7 Å². The molecule has 170 valence electrons. The molecule has 10 heteroatoms. The molecule has 0 saturated carbocycles. The van der Waals surface area contributed by atoms with Gasteiger partial charge in [0.2, 0.25) is 0 Å². The molecule has 0 radical (unpaired) electrons. The second kappa shape index (κ2) is 11.3. The Morgan fingerprint density at radius 3 is 2.56 bits per heavy atom. The van der Waals surface area contributed by atoms with Crippen molar-refractivity contribution in [2.75, 3.05) is 38.7 Å². The van der Waals surface area contributed by atoms with Crippen LogP contribution in [0.4, 0.5) is 10.6 Å². The zero-order valence-corrected chi connectivity index (χ0v) is 18.5. The lowest BCUT2D eigenvalue weighted by Gasteiger charge is -2.18. The lowest BCUT2D eigenvalue weighted by Crippen LogP contribution is -2.46. The van der Waals surface area contributed by atoms with E-state index in [-0.39, 0.29) is 6.61 Å². The number of nitrogens with zero attached hydrogens (tertiary/aromatic N) is 4. The molecule has 0 aliphatic carbocycles. The molecule has 2 aromatic heterocycles. The quantitative estimate of drug-likeness (QED) is 0.354. The third-order valence-corrected chi connectivity index (χ3v) is 4.84. The molecule has 2 heterocycles. The van der Waals surface area contributed by atoms with E-state index in [2.05, 4.69) is 25.9 Å². The summed E-state index contributed by atoms with van der Waals surface area (Å²) in [5.41, 5.74) is 2.99. The minimum atomic E-state index is -0.453. The fourth-order valence-electron chi connectivity index (χ4n) is 3.13. The fourth-order valence-corrected chi connectivity index (χ4v) is 3.13. The lowest BCUT2D eigenvalue weighted by molar-refractivity contribution is 0.193. The number of urea groups is 1. The molecule has 0 spiro atoms. The van der Waals surface area contributed by atoms with Crippen LogP contribution in [0, 0.1) is 13.8 Å². The van der Waals surface area contributed by atoms with E-state index < -0.39 is 12.1 Å². The van der Waals surface area contributed by atoms with Crippen molar-refractivity contribution < 1.29 is 14.6 Å². The summed E-state index contributed by atoms with van der Waals surface area (Å²) in [6.45, 7) is 5.08. The molecule has 0 bridgehead atoms. The van der Waals surface area contributed by atoms with Gasteiger partial charge in [-0.25, -0.2) is 19.4 Å². The Balaban J connectivity index is 1.84. The first-order valence-electron chi connectivity index (χ1n) is 10.4. The first-order valence-corrected chi connectivity index (χ1v) is 10.4. The van der Waals surface area contributed by atoms with Crippen LogP contribution in [0.5, 0.6) is 0 Å². The number of aliphatic hydroxyl groups is 1. The second-order valence-electron chi connectivity index (χ2n) is 7.26. The SMILES string of the molecule is COCCNC[C@H](CO)NC(=O)Nc1c(C)c(-c2cnc(C)nc2)nn1-c1ccccc1. The van der Waals surface area contributed by atoms with Crippen molar-refractivity contribution in [1.82, 2.24) is 30.4 Å². The van der Waals surface area contributed by atoms with Crippen molar-refractivity contribution in [3.8, 4) is 16.9 Å². The smallest absolute Gasteiger partial charge is 0.320 e. The summed E-state index contributed by atoms with van der Waals surface area (Å²) in [7, 11) is 1.62. The Morgan fingerprint density at radius 2 is 1.91 bits per heavy atom. The van der Waals surface area contributed by atoms with Crippen molar-refractivity contribution >= 4 is 11.8 Å². The molecule has 32 heavy (non-hydrogen) atoms. The van der Waals surface area contributed by atoms with E-state index in [4.69, 9.17) is 9.84 Å². The van der Waals surface area contributed by atoms with Crippen LogP contribution < -0.4 is 16.0 Å². The summed E-state index contributed by atoms with van der Waals surface area (Å²) in [4.78, 5) is 21.3. The summed E-state index contributed by atoms with van der Waals surface area (Å²) in [5.74, 6) is 1.19. The molecule has 1 atom stereocenters.